The van der Waals surface area contributed by atoms with E-state index in [1.54, 1.807) is 83.1 Å². The molecule has 19 nitrogen and oxygen atoms in total. The minimum absolute atomic E-state index is 0.0289. The summed E-state index contributed by atoms with van der Waals surface area (Å²) in [5.41, 5.74) is -3.36. The highest BCUT2D eigenvalue weighted by atomic mass is 32.2. The molecule has 3 aliphatic carbocycles. The highest BCUT2D eigenvalue weighted by Gasteiger charge is 2.78. The lowest BCUT2D eigenvalue weighted by molar-refractivity contribution is -0.346. The summed E-state index contributed by atoms with van der Waals surface area (Å²) in [6.07, 6.45) is -11.5. The van der Waals surface area contributed by atoms with Crippen molar-refractivity contribution in [3.05, 3.63) is 82.9 Å². The van der Waals surface area contributed by atoms with Gasteiger partial charge in [-0.1, -0.05) is 62.4 Å². The number of carbonyl (C=O) groups is 5. The molecule has 1 unspecified atom stereocenters. The van der Waals surface area contributed by atoms with Gasteiger partial charge in [0.15, 0.2) is 17.5 Å². The van der Waals surface area contributed by atoms with E-state index in [1.165, 1.54) is 26.0 Å². The standard InChI is InChI=1S/C43H53NO14.C2H7NO3S/c1-22-26(55-37(51)32(48)30(24-15-11-9-12-16-24)44-38(52)58-39(3,4)5)20-43(53)35(56-36(50)25-17-13-10-14-18-25)33-41(8,34(49)31(47)29(22)40(43,6)7)27(46)19-28-42(33,21-54-28)57-23(2)45;3-1-2-7(4,5)6/h9-18,26-28,30-33,35,46-48,53H,19-21H2,1-8H3,(H,44,52);1-3H2,(H,4,5,6)/t26-,27-,28+,30-,31+,32?,33-,35-,41+,42-,43+;/m0./s1. The van der Waals surface area contributed by atoms with Crippen LogP contribution in [0.3, 0.4) is 0 Å². The first-order chi connectivity index (χ1) is 30.1. The fourth-order valence-corrected chi connectivity index (χ4v) is 10.0. The van der Waals surface area contributed by atoms with E-state index in [2.05, 4.69) is 5.32 Å². The Morgan fingerprint density at radius 1 is 0.985 bits per heavy atom. The summed E-state index contributed by atoms with van der Waals surface area (Å²) >= 11 is 0. The molecule has 6 rings (SSSR count). The van der Waals surface area contributed by atoms with Crippen LogP contribution in [0.4, 0.5) is 4.79 Å². The molecule has 2 aromatic rings. The second kappa shape index (κ2) is 18.8. The summed E-state index contributed by atoms with van der Waals surface area (Å²) in [7, 11) is -3.80. The van der Waals surface area contributed by atoms with E-state index in [-0.39, 0.29) is 42.0 Å². The molecule has 8 N–H and O–H groups in total. The second-order valence-corrected chi connectivity index (χ2v) is 20.2. The van der Waals surface area contributed by atoms with Gasteiger partial charge in [0.2, 0.25) is 0 Å². The largest absolute Gasteiger partial charge is 0.456 e. The van der Waals surface area contributed by atoms with Gasteiger partial charge in [0.1, 0.15) is 35.6 Å². The van der Waals surface area contributed by atoms with Crippen molar-refractivity contribution >= 4 is 39.9 Å². The Hall–Kier alpha value is -4.80. The number of rotatable bonds is 10. The highest BCUT2D eigenvalue weighted by molar-refractivity contribution is 7.85. The number of fused-ring (bicyclic) bond motifs is 5. The van der Waals surface area contributed by atoms with Crippen molar-refractivity contribution in [3.8, 4) is 0 Å². The van der Waals surface area contributed by atoms with Crippen LogP contribution >= 0.6 is 0 Å². The number of Topliss-reactive ketones (excluding diaryl/α,β-unsaturated/α-hetero) is 1. The van der Waals surface area contributed by atoms with Crippen LogP contribution in [0.5, 0.6) is 0 Å². The maximum atomic E-state index is 14.9. The number of aliphatic hydroxyl groups excluding tert-OH is 3. The van der Waals surface area contributed by atoms with Crippen LogP contribution in [0.1, 0.15) is 90.2 Å². The fourth-order valence-electron chi connectivity index (χ4n) is 9.71. The topological polar surface area (TPSA) is 305 Å². The third-order valence-electron chi connectivity index (χ3n) is 12.9. The minimum Gasteiger partial charge on any atom is -0.456 e. The summed E-state index contributed by atoms with van der Waals surface area (Å²) in [6.45, 7) is 11.8. The van der Waals surface area contributed by atoms with Crippen molar-refractivity contribution in [1.29, 1.82) is 0 Å². The van der Waals surface area contributed by atoms with Gasteiger partial charge >= 0.3 is 24.0 Å². The van der Waals surface area contributed by atoms with Gasteiger partial charge in [-0.15, -0.1) is 0 Å². The number of nitrogens with one attached hydrogen (secondary N) is 1. The van der Waals surface area contributed by atoms with Gasteiger partial charge in [-0.25, -0.2) is 14.4 Å². The SMILES string of the molecule is CC(=O)O[C@@]12CO[C@@H]1C[C@H](O)[C@@]1(C)C(=O)[C@H](O)C3=C(C)[C@@H](OC(=O)C(O)[C@@H](NC(=O)OC(C)(C)C)c4ccccc4)C[C@@](O)([C@@H](OC(=O)c4ccccc4)[C@H]21)C3(C)C.NCCS(=O)(=O)O. The van der Waals surface area contributed by atoms with Gasteiger partial charge in [-0.3, -0.25) is 14.1 Å². The third-order valence-corrected chi connectivity index (χ3v) is 13.7. The van der Waals surface area contributed by atoms with Crippen molar-refractivity contribution in [2.45, 2.75) is 128 Å². The zero-order valence-electron chi connectivity index (χ0n) is 37.5. The van der Waals surface area contributed by atoms with Crippen molar-refractivity contribution in [1.82, 2.24) is 5.32 Å². The number of alkyl carbamates (subject to hydrolysis) is 1. The summed E-state index contributed by atoms with van der Waals surface area (Å²) in [6, 6.07) is 14.6. The predicted molar refractivity (Wildman–Crippen MR) is 229 cm³/mol. The van der Waals surface area contributed by atoms with Gasteiger partial charge in [0, 0.05) is 31.7 Å². The molecule has 4 aliphatic rings. The van der Waals surface area contributed by atoms with Crippen LogP contribution < -0.4 is 11.1 Å². The fraction of sp³-hybridized carbons (Fsp3) is 0.578. The van der Waals surface area contributed by atoms with Gasteiger partial charge in [0.25, 0.3) is 10.1 Å². The number of esters is 3. The first kappa shape index (κ1) is 51.2. The minimum atomic E-state index is -3.80. The Morgan fingerprint density at radius 2 is 1.57 bits per heavy atom. The molecule has 0 radical (unpaired) electrons. The maximum Gasteiger partial charge on any atom is 0.408 e. The van der Waals surface area contributed by atoms with E-state index < -0.39 is 123 Å². The first-order valence-electron chi connectivity index (χ1n) is 21.0. The average Bonchev–Trinajstić information content (AvgIpc) is 3.20. The Labute approximate surface area is 377 Å². The lowest BCUT2D eigenvalue weighted by Crippen LogP contribution is -2.81. The van der Waals surface area contributed by atoms with Crippen LogP contribution in [-0.2, 0) is 48.2 Å². The normalized spacial score (nSPS) is 31.3. The molecule has 2 saturated carbocycles. The van der Waals surface area contributed by atoms with Crippen molar-refractivity contribution in [2.24, 2.45) is 22.5 Å². The Bertz CT molecular complexity index is 2260. The molecule has 1 saturated heterocycles. The van der Waals surface area contributed by atoms with Crippen LogP contribution in [-0.4, -0.2) is 136 Å². The molecule has 2 bridgehead atoms. The molecule has 2 aromatic carbocycles. The number of carbonyl (C=O) groups excluding carboxylic acids is 5. The van der Waals surface area contributed by atoms with E-state index in [9.17, 15) is 52.8 Å². The number of nitrogens with two attached hydrogens (primary N) is 1. The molecule has 0 spiro atoms. The summed E-state index contributed by atoms with van der Waals surface area (Å²) in [5.74, 6) is -5.72. The van der Waals surface area contributed by atoms with Crippen LogP contribution in [0, 0.1) is 16.7 Å². The molecule has 11 atom stereocenters. The van der Waals surface area contributed by atoms with E-state index in [4.69, 9.17) is 34.0 Å². The van der Waals surface area contributed by atoms with Crippen LogP contribution in [0.15, 0.2) is 71.8 Å². The van der Waals surface area contributed by atoms with Crippen molar-refractivity contribution in [3.63, 3.8) is 0 Å². The van der Waals surface area contributed by atoms with Gasteiger partial charge in [-0.05, 0) is 63.5 Å². The van der Waals surface area contributed by atoms with E-state index in [0.29, 0.717) is 5.56 Å². The molecule has 20 heteroatoms. The first-order valence-corrected chi connectivity index (χ1v) is 22.7. The summed E-state index contributed by atoms with van der Waals surface area (Å²) in [5, 5.41) is 51.6. The number of amides is 1. The van der Waals surface area contributed by atoms with E-state index >= 15 is 0 Å². The number of benzene rings is 2. The zero-order valence-corrected chi connectivity index (χ0v) is 38.4. The molecule has 1 aliphatic heterocycles. The molecular formula is C45H60N2O17S. The molecule has 358 valence electrons. The van der Waals surface area contributed by atoms with Crippen molar-refractivity contribution < 1.29 is 81.1 Å². The average molecular weight is 933 g/mol. The second-order valence-electron chi connectivity index (χ2n) is 18.6. The molecule has 3 fully saturated rings. The Kier molecular flexibility index (Phi) is 14.8. The summed E-state index contributed by atoms with van der Waals surface area (Å²) < 4.78 is 56.8. The molecule has 0 aromatic heterocycles. The molecule has 1 amide bonds. The van der Waals surface area contributed by atoms with Gasteiger partial charge < -0.3 is 55.2 Å². The Balaban J connectivity index is 0.00000105. The van der Waals surface area contributed by atoms with Gasteiger partial charge in [-0.2, -0.15) is 8.42 Å². The Morgan fingerprint density at radius 3 is 2.06 bits per heavy atom. The highest BCUT2D eigenvalue weighted by Crippen LogP contribution is 2.64. The maximum absolute atomic E-state index is 14.9. The lowest BCUT2D eigenvalue weighted by atomic mass is 9.44. The zero-order chi connectivity index (χ0) is 48.7. The molecule has 1 heterocycles. The lowest BCUT2D eigenvalue weighted by Gasteiger charge is -2.67. The van der Waals surface area contributed by atoms with Crippen LogP contribution in [0.2, 0.25) is 0 Å². The predicted octanol–water partition coefficient (Wildman–Crippen LogP) is 2.09. The number of hydrogen-bond acceptors (Lipinski definition) is 17. The van der Waals surface area contributed by atoms with Crippen molar-refractivity contribution in [2.75, 3.05) is 18.9 Å². The number of ketones is 1. The number of ether oxygens (including phenoxy) is 5. The molecular weight excluding hydrogens is 873 g/mol. The monoisotopic (exact) mass is 932 g/mol. The third kappa shape index (κ3) is 10.00. The van der Waals surface area contributed by atoms with Gasteiger partial charge in [0.05, 0.1) is 41.4 Å². The quantitative estimate of drug-likeness (QED) is 0.0776. The molecule has 65 heavy (non-hydrogen) atoms. The van der Waals surface area contributed by atoms with Crippen LogP contribution in [0.25, 0.3) is 0 Å². The van der Waals surface area contributed by atoms with E-state index in [1.807, 2.05) is 0 Å². The van der Waals surface area contributed by atoms with E-state index in [0.717, 1.165) is 6.92 Å². The smallest absolute Gasteiger partial charge is 0.408 e. The number of aliphatic hydroxyl groups is 4. The summed E-state index contributed by atoms with van der Waals surface area (Å²) in [4.78, 5) is 68.9. The number of hydrogen-bond donors (Lipinski definition) is 7.